The number of carbonyl (C=O) groups excluding carboxylic acids is 1. The molecule has 7 nitrogen and oxygen atoms in total. The fourth-order valence-electron chi connectivity index (χ4n) is 4.34. The summed E-state index contributed by atoms with van der Waals surface area (Å²) in [6.45, 7) is -0.0914. The van der Waals surface area contributed by atoms with Crippen molar-refractivity contribution in [3.8, 4) is 11.3 Å². The van der Waals surface area contributed by atoms with E-state index in [0.717, 1.165) is 5.69 Å². The Morgan fingerprint density at radius 2 is 2.08 bits per heavy atom. The van der Waals surface area contributed by atoms with Crippen LogP contribution in [-0.4, -0.2) is 29.7 Å². The predicted octanol–water partition coefficient (Wildman–Crippen LogP) is 6.66. The summed E-state index contributed by atoms with van der Waals surface area (Å²) in [6, 6.07) is 18.4. The Labute approximate surface area is 237 Å². The molecule has 1 aliphatic heterocycles. The molecule has 0 unspecified atom stereocenters. The minimum Gasteiger partial charge on any atom is -0.459 e. The number of thiocarbonyl (C=S) groups is 1. The minimum atomic E-state index is -0.463. The summed E-state index contributed by atoms with van der Waals surface area (Å²) >= 11 is 15.6. The molecule has 0 radical (unpaired) electrons. The maximum Gasteiger partial charge on any atom is 0.250 e. The van der Waals surface area contributed by atoms with E-state index in [0.29, 0.717) is 43.1 Å². The lowest BCUT2D eigenvalue weighted by molar-refractivity contribution is -0.119. The van der Waals surface area contributed by atoms with Crippen LogP contribution in [0, 0.1) is 5.82 Å². The van der Waals surface area contributed by atoms with Crippen molar-refractivity contribution in [2.24, 2.45) is 0 Å². The summed E-state index contributed by atoms with van der Waals surface area (Å²) in [4.78, 5) is 18.4. The van der Waals surface area contributed by atoms with Gasteiger partial charge in [0.15, 0.2) is 5.11 Å². The number of pyridine rings is 1. The fraction of sp³-hybridized carbons (Fsp3) is 0.148. The van der Waals surface area contributed by atoms with Crippen LogP contribution in [0.5, 0.6) is 0 Å². The average Bonchev–Trinajstić information content (AvgIpc) is 3.50. The van der Waals surface area contributed by atoms with Gasteiger partial charge >= 0.3 is 0 Å². The van der Waals surface area contributed by atoms with Gasteiger partial charge in [-0.05, 0) is 72.9 Å². The number of methoxy groups -OCH3 is 1. The van der Waals surface area contributed by atoms with E-state index in [1.807, 2.05) is 23.1 Å². The van der Waals surface area contributed by atoms with E-state index in [2.05, 4.69) is 31.5 Å². The van der Waals surface area contributed by atoms with Crippen LogP contribution in [0.2, 0.25) is 5.02 Å². The van der Waals surface area contributed by atoms with E-state index in [1.165, 1.54) is 13.2 Å². The number of aromatic nitrogens is 1. The summed E-state index contributed by atoms with van der Waals surface area (Å²) in [7, 11) is 1.44. The van der Waals surface area contributed by atoms with Crippen molar-refractivity contribution >= 4 is 62.1 Å². The van der Waals surface area contributed by atoms with Crippen LogP contribution in [0.1, 0.15) is 23.5 Å². The highest BCUT2D eigenvalue weighted by Gasteiger charge is 2.42. The first-order valence-corrected chi connectivity index (χ1v) is 13.1. The quantitative estimate of drug-likeness (QED) is 0.225. The van der Waals surface area contributed by atoms with Crippen LogP contribution < -0.4 is 15.5 Å². The second kappa shape index (κ2) is 11.2. The largest absolute Gasteiger partial charge is 0.459 e. The van der Waals surface area contributed by atoms with Gasteiger partial charge in [0.25, 0.3) is 0 Å². The van der Waals surface area contributed by atoms with Gasteiger partial charge in [-0.2, -0.15) is 0 Å². The van der Waals surface area contributed by atoms with E-state index in [-0.39, 0.29) is 18.6 Å². The summed E-state index contributed by atoms with van der Waals surface area (Å²) in [6.07, 6.45) is 1.71. The highest BCUT2D eigenvalue weighted by Crippen LogP contribution is 2.44. The van der Waals surface area contributed by atoms with Gasteiger partial charge in [0.1, 0.15) is 30.0 Å². The Kier molecular flexibility index (Phi) is 7.75. The molecule has 5 rings (SSSR count). The monoisotopic (exact) mass is 614 g/mol. The van der Waals surface area contributed by atoms with Gasteiger partial charge in [0.2, 0.25) is 5.91 Å². The Morgan fingerprint density at radius 3 is 2.79 bits per heavy atom. The third-order valence-corrected chi connectivity index (χ3v) is 7.11. The van der Waals surface area contributed by atoms with Gasteiger partial charge in [0, 0.05) is 23.5 Å². The lowest BCUT2D eigenvalue weighted by Crippen LogP contribution is -2.29. The zero-order valence-electron chi connectivity index (χ0n) is 20.0. The lowest BCUT2D eigenvalue weighted by atomic mass is 10.0. The van der Waals surface area contributed by atoms with Gasteiger partial charge in [0.05, 0.1) is 28.0 Å². The number of amides is 1. The third-order valence-electron chi connectivity index (χ3n) is 5.99. The number of anilines is 2. The van der Waals surface area contributed by atoms with Crippen molar-refractivity contribution < 1.29 is 18.3 Å². The Balaban J connectivity index is 1.55. The first-order chi connectivity index (χ1) is 18.4. The van der Waals surface area contributed by atoms with Crippen LogP contribution in [0.15, 0.2) is 81.8 Å². The van der Waals surface area contributed by atoms with Crippen molar-refractivity contribution in [2.75, 3.05) is 23.9 Å². The molecule has 0 spiro atoms. The SMILES string of the molecule is COCC(=O)Nc1ccc(N2C(=S)N[C@H](c3ccccn3)[C@@H]2c2ccc(-c3ccc(Br)cc3F)o2)cc1Cl. The number of ether oxygens (including phenoxy) is 1. The molecule has 194 valence electrons. The summed E-state index contributed by atoms with van der Waals surface area (Å²) in [5.41, 5.74) is 2.21. The van der Waals surface area contributed by atoms with E-state index >= 15 is 0 Å². The Morgan fingerprint density at radius 1 is 1.24 bits per heavy atom. The number of hydrogen-bond donors (Lipinski definition) is 2. The molecule has 2 atom stereocenters. The number of carbonyl (C=O) groups is 1. The van der Waals surface area contributed by atoms with Gasteiger partial charge in [-0.15, -0.1) is 0 Å². The van der Waals surface area contributed by atoms with Crippen LogP contribution in [0.3, 0.4) is 0 Å². The molecule has 0 saturated carbocycles. The summed E-state index contributed by atoms with van der Waals surface area (Å²) in [5.74, 6) is 0.212. The van der Waals surface area contributed by atoms with Crippen molar-refractivity contribution in [3.05, 3.63) is 99.7 Å². The molecule has 0 bridgehead atoms. The molecule has 38 heavy (non-hydrogen) atoms. The standard InChI is InChI=1S/C27H21BrClFN4O3S/c1-36-14-24(35)32-20-8-6-16(13-18(20)29)34-26(25(33-27(34)38)21-4-2-3-11-31-21)23-10-9-22(37-23)17-7-5-15(28)12-19(17)30/h2-13,25-26H,14H2,1H3,(H,32,35)(H,33,38)/t25-,26+/m1/s1. The topological polar surface area (TPSA) is 79.6 Å². The lowest BCUT2D eigenvalue weighted by Gasteiger charge is -2.26. The van der Waals surface area contributed by atoms with Crippen LogP contribution >= 0.6 is 39.7 Å². The second-order valence-electron chi connectivity index (χ2n) is 8.47. The number of hydrogen-bond acceptors (Lipinski definition) is 5. The van der Waals surface area contributed by atoms with E-state index < -0.39 is 11.9 Å². The number of rotatable bonds is 7. The fourth-order valence-corrected chi connectivity index (χ4v) is 5.24. The molecule has 2 aromatic heterocycles. The molecular formula is C27H21BrClFN4O3S. The molecule has 3 heterocycles. The first-order valence-electron chi connectivity index (χ1n) is 11.5. The highest BCUT2D eigenvalue weighted by atomic mass is 79.9. The number of halogens is 3. The zero-order valence-corrected chi connectivity index (χ0v) is 23.1. The molecule has 1 aliphatic rings. The molecule has 4 aromatic rings. The Bertz CT molecular complexity index is 1500. The maximum atomic E-state index is 14.7. The molecule has 2 aromatic carbocycles. The molecule has 1 saturated heterocycles. The van der Waals surface area contributed by atoms with Crippen molar-refractivity contribution in [2.45, 2.75) is 12.1 Å². The van der Waals surface area contributed by atoms with Crippen LogP contribution in [0.4, 0.5) is 15.8 Å². The van der Waals surface area contributed by atoms with Crippen molar-refractivity contribution in [1.29, 1.82) is 0 Å². The predicted molar refractivity (Wildman–Crippen MR) is 152 cm³/mol. The average molecular weight is 616 g/mol. The molecule has 1 amide bonds. The maximum absolute atomic E-state index is 14.7. The van der Waals surface area contributed by atoms with E-state index in [1.54, 1.807) is 48.7 Å². The van der Waals surface area contributed by atoms with Crippen molar-refractivity contribution in [1.82, 2.24) is 10.3 Å². The van der Waals surface area contributed by atoms with Crippen LogP contribution in [-0.2, 0) is 9.53 Å². The molecule has 1 fully saturated rings. The van der Waals surface area contributed by atoms with Gasteiger partial charge < -0.3 is 24.7 Å². The zero-order chi connectivity index (χ0) is 26.8. The van der Waals surface area contributed by atoms with Crippen LogP contribution in [0.25, 0.3) is 11.3 Å². The van der Waals surface area contributed by atoms with E-state index in [9.17, 15) is 9.18 Å². The normalized spacial score (nSPS) is 16.9. The first kappa shape index (κ1) is 26.3. The number of nitrogens with one attached hydrogen (secondary N) is 2. The molecular weight excluding hydrogens is 595 g/mol. The smallest absolute Gasteiger partial charge is 0.250 e. The summed E-state index contributed by atoms with van der Waals surface area (Å²) in [5, 5.41) is 6.82. The van der Waals surface area contributed by atoms with Gasteiger partial charge in [-0.3, -0.25) is 9.78 Å². The molecule has 11 heteroatoms. The van der Waals surface area contributed by atoms with E-state index in [4.69, 9.17) is 33.0 Å². The second-order valence-corrected chi connectivity index (χ2v) is 10.2. The molecule has 2 N–H and O–H groups in total. The number of nitrogens with zero attached hydrogens (tertiary/aromatic N) is 2. The van der Waals surface area contributed by atoms with Gasteiger partial charge in [-0.1, -0.05) is 33.6 Å². The minimum absolute atomic E-state index is 0.0914. The number of furan rings is 1. The van der Waals surface area contributed by atoms with Crippen molar-refractivity contribution in [3.63, 3.8) is 0 Å². The summed E-state index contributed by atoms with van der Waals surface area (Å²) < 4.78 is 26.4. The molecule has 0 aliphatic carbocycles. The van der Waals surface area contributed by atoms with Gasteiger partial charge in [-0.25, -0.2) is 4.39 Å². The Hall–Kier alpha value is -3.31. The highest BCUT2D eigenvalue weighted by molar-refractivity contribution is 9.10. The number of benzene rings is 2. The third kappa shape index (κ3) is 5.30.